The third kappa shape index (κ3) is 4.78. The zero-order chi connectivity index (χ0) is 21.3. The Labute approximate surface area is 185 Å². The highest BCUT2D eigenvalue weighted by molar-refractivity contribution is 9.10. The number of aromatic nitrogens is 2. The summed E-state index contributed by atoms with van der Waals surface area (Å²) >= 11 is 3.50. The van der Waals surface area contributed by atoms with E-state index in [-0.39, 0.29) is 12.1 Å². The van der Waals surface area contributed by atoms with E-state index < -0.39 is 5.60 Å². The topological polar surface area (TPSA) is 59.4 Å². The van der Waals surface area contributed by atoms with E-state index in [1.165, 1.54) is 5.56 Å². The number of imidazole rings is 1. The minimum atomic E-state index is -0.499. The Kier molecular flexibility index (Phi) is 5.73. The van der Waals surface area contributed by atoms with Gasteiger partial charge in [-0.25, -0.2) is 9.78 Å². The predicted molar refractivity (Wildman–Crippen MR) is 123 cm³/mol. The maximum atomic E-state index is 12.2. The van der Waals surface area contributed by atoms with E-state index in [2.05, 4.69) is 61.0 Å². The molecule has 1 N–H and O–H groups in total. The number of benzene rings is 2. The summed E-state index contributed by atoms with van der Waals surface area (Å²) in [5, 5.41) is 3.00. The van der Waals surface area contributed by atoms with Gasteiger partial charge in [-0.2, -0.15) is 0 Å². The van der Waals surface area contributed by atoms with Crippen molar-refractivity contribution in [2.45, 2.75) is 45.4 Å². The maximum absolute atomic E-state index is 12.2. The molecule has 1 aromatic heterocycles. The van der Waals surface area contributed by atoms with Crippen molar-refractivity contribution in [1.82, 2.24) is 14.9 Å². The Morgan fingerprint density at radius 2 is 1.93 bits per heavy atom. The molecule has 2 heterocycles. The van der Waals surface area contributed by atoms with Crippen LogP contribution in [0.4, 0.5) is 10.7 Å². The van der Waals surface area contributed by atoms with Gasteiger partial charge in [0.2, 0.25) is 5.95 Å². The monoisotopic (exact) mass is 470 g/mol. The molecule has 1 atom stereocenters. The number of hydrogen-bond acceptors (Lipinski definition) is 4. The summed E-state index contributed by atoms with van der Waals surface area (Å²) in [4.78, 5) is 19.3. The number of rotatable bonds is 4. The van der Waals surface area contributed by atoms with Crippen LogP contribution in [0.15, 0.2) is 53.0 Å². The Morgan fingerprint density at radius 1 is 1.20 bits per heavy atom. The number of nitrogens with one attached hydrogen (secondary N) is 1. The molecule has 6 nitrogen and oxygen atoms in total. The van der Waals surface area contributed by atoms with E-state index in [1.807, 2.05) is 39.0 Å². The molecule has 0 unspecified atom stereocenters. The van der Waals surface area contributed by atoms with Crippen LogP contribution in [-0.2, 0) is 11.3 Å². The average Bonchev–Trinajstić information content (AvgIpc) is 3.27. The molecule has 30 heavy (non-hydrogen) atoms. The van der Waals surface area contributed by atoms with Crippen molar-refractivity contribution in [3.8, 4) is 0 Å². The lowest BCUT2D eigenvalue weighted by Crippen LogP contribution is -2.40. The fourth-order valence-electron chi connectivity index (χ4n) is 3.77. The summed E-state index contributed by atoms with van der Waals surface area (Å²) in [6, 6.07) is 16.6. The van der Waals surface area contributed by atoms with E-state index in [0.717, 1.165) is 41.0 Å². The largest absolute Gasteiger partial charge is 0.444 e. The summed E-state index contributed by atoms with van der Waals surface area (Å²) in [5.41, 5.74) is 2.80. The quantitative estimate of drug-likeness (QED) is 0.585. The predicted octanol–water partition coefficient (Wildman–Crippen LogP) is 4.95. The number of halogens is 1. The van der Waals surface area contributed by atoms with Crippen molar-refractivity contribution in [3.05, 3.63) is 58.6 Å². The van der Waals surface area contributed by atoms with E-state index in [9.17, 15) is 4.79 Å². The van der Waals surface area contributed by atoms with Crippen LogP contribution in [0, 0.1) is 0 Å². The Morgan fingerprint density at radius 3 is 2.67 bits per heavy atom. The number of nitrogens with zero attached hydrogens (tertiary/aromatic N) is 3. The minimum absolute atomic E-state index is 0.0424. The number of ether oxygens (including phenoxy) is 1. The highest BCUT2D eigenvalue weighted by atomic mass is 79.9. The number of para-hydroxylation sites is 2. The summed E-state index contributed by atoms with van der Waals surface area (Å²) in [6.07, 6.45) is 0.499. The van der Waals surface area contributed by atoms with Gasteiger partial charge in [0, 0.05) is 17.6 Å². The van der Waals surface area contributed by atoms with Crippen LogP contribution in [0.5, 0.6) is 0 Å². The molecular formula is C23H27BrN4O2. The van der Waals surface area contributed by atoms with Crippen LogP contribution in [-0.4, -0.2) is 40.4 Å². The first-order valence-corrected chi connectivity index (χ1v) is 11.0. The first-order chi connectivity index (χ1) is 14.3. The van der Waals surface area contributed by atoms with Gasteiger partial charge in [0.25, 0.3) is 0 Å². The molecule has 0 radical (unpaired) electrons. The molecule has 1 aliphatic rings. The van der Waals surface area contributed by atoms with Gasteiger partial charge in [0.05, 0.1) is 23.6 Å². The number of alkyl carbamates (subject to hydrolysis) is 1. The molecule has 0 bridgehead atoms. The fraction of sp³-hybridized carbons (Fsp3) is 0.391. The molecule has 158 valence electrons. The van der Waals surface area contributed by atoms with Gasteiger partial charge in [-0.15, -0.1) is 0 Å². The first-order valence-electron chi connectivity index (χ1n) is 10.2. The molecule has 0 aliphatic carbocycles. The zero-order valence-electron chi connectivity index (χ0n) is 17.6. The number of hydrogen-bond donors (Lipinski definition) is 1. The van der Waals surface area contributed by atoms with Crippen LogP contribution in [0.3, 0.4) is 0 Å². The fourth-order valence-corrected chi connectivity index (χ4v) is 4.03. The molecule has 7 heteroatoms. The third-order valence-electron chi connectivity index (χ3n) is 5.08. The number of amides is 1. The molecule has 1 amide bonds. The van der Waals surface area contributed by atoms with Gasteiger partial charge in [-0.3, -0.25) is 0 Å². The van der Waals surface area contributed by atoms with E-state index in [4.69, 9.17) is 9.72 Å². The SMILES string of the molecule is CC(C)(C)OC(=O)N[C@@H]1CCN(c2nc3ccccc3n2Cc2ccc(Br)cc2)C1. The summed E-state index contributed by atoms with van der Waals surface area (Å²) in [7, 11) is 0. The van der Waals surface area contributed by atoms with Crippen molar-refractivity contribution < 1.29 is 9.53 Å². The lowest BCUT2D eigenvalue weighted by Gasteiger charge is -2.22. The number of carbonyl (C=O) groups excluding carboxylic acids is 1. The normalized spacial score (nSPS) is 16.8. The number of anilines is 1. The molecule has 4 rings (SSSR count). The van der Waals surface area contributed by atoms with Gasteiger partial charge in [-0.1, -0.05) is 40.2 Å². The van der Waals surface area contributed by atoms with E-state index >= 15 is 0 Å². The molecule has 0 saturated carbocycles. The van der Waals surface area contributed by atoms with Crippen LogP contribution in [0.25, 0.3) is 11.0 Å². The minimum Gasteiger partial charge on any atom is -0.444 e. The van der Waals surface area contributed by atoms with Crippen LogP contribution in [0.2, 0.25) is 0 Å². The lowest BCUT2D eigenvalue weighted by atomic mass is 10.2. The molecule has 1 fully saturated rings. The van der Waals surface area contributed by atoms with Gasteiger partial charge in [-0.05, 0) is 57.0 Å². The van der Waals surface area contributed by atoms with Gasteiger partial charge >= 0.3 is 6.09 Å². The van der Waals surface area contributed by atoms with Crippen molar-refractivity contribution in [3.63, 3.8) is 0 Å². The molecule has 0 spiro atoms. The smallest absolute Gasteiger partial charge is 0.407 e. The lowest BCUT2D eigenvalue weighted by molar-refractivity contribution is 0.0509. The van der Waals surface area contributed by atoms with Crippen molar-refractivity contribution in [2.24, 2.45) is 0 Å². The maximum Gasteiger partial charge on any atom is 0.407 e. The number of carbonyl (C=O) groups is 1. The first kappa shape index (κ1) is 20.7. The second-order valence-electron chi connectivity index (χ2n) is 8.69. The van der Waals surface area contributed by atoms with Crippen molar-refractivity contribution >= 4 is 39.0 Å². The highest BCUT2D eigenvalue weighted by Gasteiger charge is 2.29. The summed E-state index contributed by atoms with van der Waals surface area (Å²) in [6.45, 7) is 7.91. The summed E-state index contributed by atoms with van der Waals surface area (Å²) < 4.78 is 8.73. The van der Waals surface area contributed by atoms with Gasteiger partial charge in [0.15, 0.2) is 0 Å². The van der Waals surface area contributed by atoms with Crippen molar-refractivity contribution in [1.29, 1.82) is 0 Å². The van der Waals surface area contributed by atoms with Gasteiger partial charge in [0.1, 0.15) is 5.60 Å². The second-order valence-corrected chi connectivity index (χ2v) is 9.61. The Hall–Kier alpha value is -2.54. The molecule has 1 saturated heterocycles. The van der Waals surface area contributed by atoms with Crippen molar-refractivity contribution in [2.75, 3.05) is 18.0 Å². The molecule has 3 aromatic rings. The van der Waals surface area contributed by atoms with E-state index in [1.54, 1.807) is 0 Å². The van der Waals surface area contributed by atoms with E-state index in [0.29, 0.717) is 6.54 Å². The van der Waals surface area contributed by atoms with Gasteiger partial charge < -0.3 is 19.5 Å². The average molecular weight is 471 g/mol. The van der Waals surface area contributed by atoms with Crippen LogP contribution in [0.1, 0.15) is 32.8 Å². The summed E-state index contributed by atoms with van der Waals surface area (Å²) in [5.74, 6) is 0.938. The second kappa shape index (κ2) is 8.30. The standard InChI is InChI=1S/C23H27BrN4O2/c1-23(2,3)30-22(29)25-18-12-13-27(15-18)21-26-19-6-4-5-7-20(19)28(21)14-16-8-10-17(24)11-9-16/h4-11,18H,12-15H2,1-3H3,(H,25,29)/t18-/m1/s1. The molecule has 2 aromatic carbocycles. The number of fused-ring (bicyclic) bond motifs is 1. The highest BCUT2D eigenvalue weighted by Crippen LogP contribution is 2.27. The zero-order valence-corrected chi connectivity index (χ0v) is 19.1. The molecular weight excluding hydrogens is 444 g/mol. The van der Waals surface area contributed by atoms with Crippen LogP contribution < -0.4 is 10.2 Å². The molecule has 1 aliphatic heterocycles. The Balaban J connectivity index is 1.55. The third-order valence-corrected chi connectivity index (χ3v) is 5.61. The Bertz CT molecular complexity index is 1040. The van der Waals surface area contributed by atoms with Crippen LogP contribution >= 0.6 is 15.9 Å².